The van der Waals surface area contributed by atoms with Crippen molar-refractivity contribution in [2.24, 2.45) is 5.10 Å². The molecule has 0 aliphatic carbocycles. The fraction of sp³-hybridized carbons (Fsp3) is 0.308. The molecule has 100 valence electrons. The van der Waals surface area contributed by atoms with E-state index in [-0.39, 0.29) is 11.8 Å². The number of hydrogen-bond donors (Lipinski definition) is 1. The third kappa shape index (κ3) is 2.73. The molecule has 0 spiro atoms. The van der Waals surface area contributed by atoms with Gasteiger partial charge in [-0.1, -0.05) is 6.08 Å². The monoisotopic (exact) mass is 260 g/mol. The summed E-state index contributed by atoms with van der Waals surface area (Å²) in [7, 11) is 3.50. The van der Waals surface area contributed by atoms with Crippen molar-refractivity contribution >= 4 is 17.6 Å². The Bertz CT molecular complexity index is 543. The number of carbonyl (C=O) groups is 2. The molecule has 0 bridgehead atoms. The third-order valence-corrected chi connectivity index (χ3v) is 2.88. The molecule has 2 rings (SSSR count). The maximum absolute atomic E-state index is 11.9. The zero-order valence-electron chi connectivity index (χ0n) is 11.2. The molecule has 1 N–H and O–H groups in total. The Kier molecular flexibility index (Phi) is 3.50. The van der Waals surface area contributed by atoms with Gasteiger partial charge in [0.1, 0.15) is 0 Å². The Morgan fingerprint density at radius 1 is 1.42 bits per heavy atom. The summed E-state index contributed by atoms with van der Waals surface area (Å²) in [5.41, 5.74) is 1.47. The Balaban J connectivity index is 2.23. The van der Waals surface area contributed by atoms with Gasteiger partial charge in [0.05, 0.1) is 5.57 Å². The summed E-state index contributed by atoms with van der Waals surface area (Å²) in [5.74, 6) is -0.181. The molecule has 2 aliphatic rings. The van der Waals surface area contributed by atoms with Gasteiger partial charge in [-0.2, -0.15) is 5.10 Å². The van der Waals surface area contributed by atoms with Gasteiger partial charge < -0.3 is 10.2 Å². The van der Waals surface area contributed by atoms with Crippen LogP contribution in [0.4, 0.5) is 0 Å². The second-order valence-corrected chi connectivity index (χ2v) is 4.40. The molecule has 0 fully saturated rings. The number of rotatable bonds is 1. The van der Waals surface area contributed by atoms with Gasteiger partial charge in [0.15, 0.2) is 5.84 Å². The van der Waals surface area contributed by atoms with E-state index in [0.717, 1.165) is 12.1 Å². The van der Waals surface area contributed by atoms with Gasteiger partial charge in [0, 0.05) is 33.1 Å². The van der Waals surface area contributed by atoms with Crippen molar-refractivity contribution in [3.63, 3.8) is 0 Å². The quantitative estimate of drug-likeness (QED) is 0.701. The second-order valence-electron chi connectivity index (χ2n) is 4.40. The molecule has 0 radical (unpaired) electrons. The largest absolute Gasteiger partial charge is 0.354 e. The van der Waals surface area contributed by atoms with Crippen LogP contribution in [-0.4, -0.2) is 41.7 Å². The lowest BCUT2D eigenvalue weighted by molar-refractivity contribution is -0.124. The van der Waals surface area contributed by atoms with Gasteiger partial charge in [0.25, 0.3) is 5.91 Å². The zero-order chi connectivity index (χ0) is 14.0. The van der Waals surface area contributed by atoms with Crippen LogP contribution in [0.15, 0.2) is 40.8 Å². The molecule has 0 aromatic heterocycles. The lowest BCUT2D eigenvalue weighted by Gasteiger charge is -2.10. The summed E-state index contributed by atoms with van der Waals surface area (Å²) in [4.78, 5) is 25.0. The van der Waals surface area contributed by atoms with E-state index in [1.165, 1.54) is 11.9 Å². The minimum atomic E-state index is -0.250. The molecule has 2 aliphatic heterocycles. The van der Waals surface area contributed by atoms with Crippen molar-refractivity contribution in [1.82, 2.24) is 15.2 Å². The van der Waals surface area contributed by atoms with Crippen molar-refractivity contribution in [2.75, 3.05) is 14.1 Å². The van der Waals surface area contributed by atoms with Crippen LogP contribution in [0.3, 0.4) is 0 Å². The van der Waals surface area contributed by atoms with Gasteiger partial charge in [0.2, 0.25) is 5.91 Å². The number of likely N-dealkylation sites (N-methyl/N-ethyl adjacent to an activating group) is 1. The highest BCUT2D eigenvalue weighted by molar-refractivity contribution is 6.26. The van der Waals surface area contributed by atoms with Crippen molar-refractivity contribution in [3.8, 4) is 0 Å². The van der Waals surface area contributed by atoms with E-state index in [4.69, 9.17) is 0 Å². The first-order valence-corrected chi connectivity index (χ1v) is 5.94. The van der Waals surface area contributed by atoms with Gasteiger partial charge in [-0.25, -0.2) is 5.01 Å². The molecule has 2 heterocycles. The molecule has 0 atom stereocenters. The smallest absolute Gasteiger partial charge is 0.277 e. The maximum Gasteiger partial charge on any atom is 0.277 e. The van der Waals surface area contributed by atoms with Crippen LogP contribution < -0.4 is 5.32 Å². The highest BCUT2D eigenvalue weighted by Crippen LogP contribution is 2.18. The van der Waals surface area contributed by atoms with Crippen molar-refractivity contribution in [1.29, 1.82) is 0 Å². The number of nitrogens with zero attached hydrogens (tertiary/aromatic N) is 3. The van der Waals surface area contributed by atoms with Gasteiger partial charge in [-0.3, -0.25) is 9.59 Å². The summed E-state index contributed by atoms with van der Waals surface area (Å²) in [6.07, 6.45) is 8.39. The SMILES string of the molecule is CC(=O)NC1=NN(C)C(=O)/C1=C/C=C1/CC=CN1C. The summed E-state index contributed by atoms with van der Waals surface area (Å²) >= 11 is 0. The minimum Gasteiger partial charge on any atom is -0.354 e. The first-order valence-electron chi connectivity index (χ1n) is 5.94. The Hall–Kier alpha value is -2.37. The predicted molar refractivity (Wildman–Crippen MR) is 71.7 cm³/mol. The van der Waals surface area contributed by atoms with Crippen LogP contribution in [0, 0.1) is 0 Å². The normalized spacial score (nSPS) is 22.7. The topological polar surface area (TPSA) is 65.0 Å². The van der Waals surface area contributed by atoms with Crippen molar-refractivity contribution < 1.29 is 9.59 Å². The maximum atomic E-state index is 11.9. The van der Waals surface area contributed by atoms with E-state index in [0.29, 0.717) is 11.4 Å². The summed E-state index contributed by atoms with van der Waals surface area (Å²) < 4.78 is 0. The first-order chi connectivity index (χ1) is 8.99. The molecule has 0 aromatic carbocycles. The molecule has 2 amide bonds. The second kappa shape index (κ2) is 5.09. The zero-order valence-corrected chi connectivity index (χ0v) is 11.2. The van der Waals surface area contributed by atoms with E-state index >= 15 is 0 Å². The Labute approximate surface area is 111 Å². The lowest BCUT2D eigenvalue weighted by atomic mass is 10.2. The van der Waals surface area contributed by atoms with Crippen LogP contribution in [0.2, 0.25) is 0 Å². The predicted octanol–water partition coefficient (Wildman–Crippen LogP) is 0.567. The molecular weight excluding hydrogens is 244 g/mol. The lowest BCUT2D eigenvalue weighted by Crippen LogP contribution is -2.29. The van der Waals surface area contributed by atoms with Gasteiger partial charge in [-0.15, -0.1) is 0 Å². The molecule has 19 heavy (non-hydrogen) atoms. The van der Waals surface area contributed by atoms with Crippen LogP contribution in [-0.2, 0) is 9.59 Å². The van der Waals surface area contributed by atoms with E-state index in [1.807, 2.05) is 30.3 Å². The molecular formula is C13H16N4O2. The fourth-order valence-electron chi connectivity index (χ4n) is 1.87. The summed E-state index contributed by atoms with van der Waals surface area (Å²) in [6.45, 7) is 1.38. The highest BCUT2D eigenvalue weighted by atomic mass is 16.2. The molecule has 0 aromatic rings. The van der Waals surface area contributed by atoms with Crippen LogP contribution in [0.1, 0.15) is 13.3 Å². The standard InChI is InChI=1S/C13H16N4O2/c1-9(18)14-12-11(13(19)17(3)15-12)7-6-10-5-4-8-16(10)2/h4,6-8H,5H2,1-3H3,(H,14,15,18)/b10-6-,11-7+. The summed E-state index contributed by atoms with van der Waals surface area (Å²) in [6, 6.07) is 0. The minimum absolute atomic E-state index is 0.228. The fourth-order valence-corrected chi connectivity index (χ4v) is 1.87. The summed E-state index contributed by atoms with van der Waals surface area (Å²) in [5, 5.41) is 7.77. The molecule has 6 nitrogen and oxygen atoms in total. The number of hydrogen-bond acceptors (Lipinski definition) is 4. The first kappa shape index (κ1) is 13.1. The van der Waals surface area contributed by atoms with Crippen LogP contribution >= 0.6 is 0 Å². The van der Waals surface area contributed by atoms with Crippen molar-refractivity contribution in [2.45, 2.75) is 13.3 Å². The third-order valence-electron chi connectivity index (χ3n) is 2.88. The number of carbonyl (C=O) groups excluding carboxylic acids is 2. The van der Waals surface area contributed by atoms with E-state index in [1.54, 1.807) is 13.1 Å². The number of amides is 2. The van der Waals surface area contributed by atoms with E-state index in [2.05, 4.69) is 10.4 Å². The number of allylic oxidation sites excluding steroid dienone is 3. The van der Waals surface area contributed by atoms with Crippen molar-refractivity contribution in [3.05, 3.63) is 35.7 Å². The van der Waals surface area contributed by atoms with E-state index in [9.17, 15) is 9.59 Å². The molecule has 6 heteroatoms. The number of nitrogens with one attached hydrogen (secondary N) is 1. The Morgan fingerprint density at radius 3 is 2.74 bits per heavy atom. The number of hydrazone groups is 1. The van der Waals surface area contributed by atoms with Gasteiger partial charge in [-0.05, 0) is 18.4 Å². The average Bonchev–Trinajstić information content (AvgIpc) is 2.83. The molecule has 0 saturated carbocycles. The average molecular weight is 260 g/mol. The van der Waals surface area contributed by atoms with E-state index < -0.39 is 0 Å². The molecule has 0 unspecified atom stereocenters. The molecule has 0 saturated heterocycles. The number of amidine groups is 1. The Morgan fingerprint density at radius 2 is 2.16 bits per heavy atom. The van der Waals surface area contributed by atoms with Gasteiger partial charge >= 0.3 is 0 Å². The van der Waals surface area contributed by atoms with Crippen LogP contribution in [0.5, 0.6) is 0 Å². The highest BCUT2D eigenvalue weighted by Gasteiger charge is 2.27. The van der Waals surface area contributed by atoms with Crippen LogP contribution in [0.25, 0.3) is 0 Å².